The summed E-state index contributed by atoms with van der Waals surface area (Å²) in [6.07, 6.45) is 0. The molecule has 1 N–H and O–H groups in total. The van der Waals surface area contributed by atoms with Crippen LogP contribution in [0, 0.1) is 5.92 Å². The zero-order valence-corrected chi connectivity index (χ0v) is 11.5. The lowest BCUT2D eigenvalue weighted by Crippen LogP contribution is -2.70. The highest BCUT2D eigenvalue weighted by Gasteiger charge is 2.59. The number of para-hydroxylation sites is 1. The van der Waals surface area contributed by atoms with Crippen molar-refractivity contribution in [3.8, 4) is 5.75 Å². The monoisotopic (exact) mass is 276 g/mol. The van der Waals surface area contributed by atoms with Crippen molar-refractivity contribution in [2.24, 2.45) is 5.92 Å². The highest BCUT2D eigenvalue weighted by atomic mass is 16.5. The first-order valence-corrected chi connectivity index (χ1v) is 6.39. The topological polar surface area (TPSA) is 67.9 Å². The number of esters is 1. The molecule has 0 saturated carbocycles. The average Bonchev–Trinajstić information content (AvgIpc) is 2.44. The van der Waals surface area contributed by atoms with Gasteiger partial charge in [-0.1, -0.05) is 18.2 Å². The van der Waals surface area contributed by atoms with Crippen molar-refractivity contribution in [2.45, 2.75) is 18.7 Å². The molecule has 2 heterocycles. The number of methoxy groups -OCH3 is 1. The van der Waals surface area contributed by atoms with E-state index < -0.39 is 23.7 Å². The number of hydrogen-bond acceptors (Lipinski definition) is 4. The van der Waals surface area contributed by atoms with Crippen molar-refractivity contribution in [2.75, 3.05) is 14.2 Å². The number of ether oxygens (including phenoxy) is 2. The average molecular weight is 276 g/mol. The second kappa shape index (κ2) is 4.13. The number of fused-ring (bicyclic) bond motifs is 4. The Kier molecular flexibility index (Phi) is 2.64. The van der Waals surface area contributed by atoms with E-state index in [-0.39, 0.29) is 6.03 Å². The maximum atomic E-state index is 12.2. The van der Waals surface area contributed by atoms with Gasteiger partial charge in [-0.2, -0.15) is 0 Å². The minimum Gasteiger partial charge on any atom is -0.469 e. The quantitative estimate of drug-likeness (QED) is 0.785. The second-order valence-corrected chi connectivity index (χ2v) is 5.18. The van der Waals surface area contributed by atoms with Gasteiger partial charge in [-0.15, -0.1) is 0 Å². The fraction of sp³-hybridized carbons (Fsp3) is 0.429. The Morgan fingerprint density at radius 3 is 2.85 bits per heavy atom. The maximum Gasteiger partial charge on any atom is 0.320 e. The first-order valence-electron chi connectivity index (χ1n) is 6.39. The molecule has 2 aliphatic heterocycles. The van der Waals surface area contributed by atoms with Crippen molar-refractivity contribution in [1.29, 1.82) is 0 Å². The van der Waals surface area contributed by atoms with Gasteiger partial charge in [0.25, 0.3) is 0 Å². The standard InChI is InChI=1S/C14H16N2O4/c1-14-10(12(17)19-3)11(15-13(18)16(14)2)8-6-4-5-7-9(8)20-14/h4-7,10-11H,1-3H3,(H,15,18). The van der Waals surface area contributed by atoms with Crippen LogP contribution in [0.25, 0.3) is 0 Å². The summed E-state index contributed by atoms with van der Waals surface area (Å²) >= 11 is 0. The van der Waals surface area contributed by atoms with E-state index in [0.29, 0.717) is 5.75 Å². The molecule has 3 unspecified atom stereocenters. The lowest BCUT2D eigenvalue weighted by molar-refractivity contribution is -0.173. The van der Waals surface area contributed by atoms with Gasteiger partial charge in [0, 0.05) is 12.6 Å². The van der Waals surface area contributed by atoms with Gasteiger partial charge in [0.05, 0.1) is 13.2 Å². The van der Waals surface area contributed by atoms with Crippen molar-refractivity contribution in [1.82, 2.24) is 10.2 Å². The van der Waals surface area contributed by atoms with Crippen LogP contribution in [0.15, 0.2) is 24.3 Å². The molecule has 3 atom stereocenters. The van der Waals surface area contributed by atoms with Crippen LogP contribution in [0.5, 0.6) is 5.75 Å². The van der Waals surface area contributed by atoms with E-state index in [1.807, 2.05) is 24.3 Å². The summed E-state index contributed by atoms with van der Waals surface area (Å²) in [5.41, 5.74) is -0.268. The first kappa shape index (κ1) is 12.8. The van der Waals surface area contributed by atoms with Crippen molar-refractivity contribution >= 4 is 12.0 Å². The predicted molar refractivity (Wildman–Crippen MR) is 70.0 cm³/mol. The number of carbonyl (C=O) groups excluding carboxylic acids is 2. The van der Waals surface area contributed by atoms with E-state index in [2.05, 4.69) is 5.32 Å². The van der Waals surface area contributed by atoms with E-state index in [4.69, 9.17) is 9.47 Å². The van der Waals surface area contributed by atoms with Crippen molar-refractivity contribution in [3.05, 3.63) is 29.8 Å². The van der Waals surface area contributed by atoms with Gasteiger partial charge in [0.1, 0.15) is 11.7 Å². The number of rotatable bonds is 1. The van der Waals surface area contributed by atoms with Crippen LogP contribution in [-0.4, -0.2) is 36.8 Å². The number of carbonyl (C=O) groups is 2. The maximum absolute atomic E-state index is 12.2. The molecule has 1 fully saturated rings. The van der Waals surface area contributed by atoms with Crippen LogP contribution < -0.4 is 10.1 Å². The summed E-state index contributed by atoms with van der Waals surface area (Å²) in [7, 11) is 2.94. The molecule has 3 rings (SSSR count). The first-order chi connectivity index (χ1) is 9.49. The van der Waals surface area contributed by atoms with Crippen LogP contribution in [-0.2, 0) is 9.53 Å². The molecule has 1 aromatic carbocycles. The molecular weight excluding hydrogens is 260 g/mol. The molecule has 6 nitrogen and oxygen atoms in total. The molecule has 1 aromatic rings. The second-order valence-electron chi connectivity index (χ2n) is 5.18. The number of amides is 2. The van der Waals surface area contributed by atoms with Gasteiger partial charge in [-0.25, -0.2) is 4.79 Å². The summed E-state index contributed by atoms with van der Waals surface area (Å²) in [5.74, 6) is -0.351. The third-order valence-corrected chi connectivity index (χ3v) is 4.19. The summed E-state index contributed by atoms with van der Waals surface area (Å²) in [6, 6.07) is 6.68. The molecular formula is C14H16N2O4. The molecule has 20 heavy (non-hydrogen) atoms. The third-order valence-electron chi connectivity index (χ3n) is 4.19. The van der Waals surface area contributed by atoms with E-state index in [1.54, 1.807) is 14.0 Å². The molecule has 2 aliphatic rings. The van der Waals surface area contributed by atoms with E-state index in [9.17, 15) is 9.59 Å². The molecule has 2 amide bonds. The normalized spacial score (nSPS) is 30.9. The SMILES string of the molecule is COC(=O)C1C2NC(=O)N(C)C1(C)Oc1ccccc12. The van der Waals surface area contributed by atoms with Crippen molar-refractivity contribution < 1.29 is 19.1 Å². The number of nitrogens with one attached hydrogen (secondary N) is 1. The molecule has 1 saturated heterocycles. The Morgan fingerprint density at radius 2 is 2.15 bits per heavy atom. The predicted octanol–water partition coefficient (Wildman–Crippen LogP) is 1.28. The van der Waals surface area contributed by atoms with Gasteiger partial charge < -0.3 is 14.8 Å². The zero-order chi connectivity index (χ0) is 14.5. The van der Waals surface area contributed by atoms with E-state index in [0.717, 1.165) is 5.56 Å². The highest BCUT2D eigenvalue weighted by molar-refractivity contribution is 5.84. The minimum absolute atomic E-state index is 0.271. The molecule has 0 aliphatic carbocycles. The Bertz CT molecular complexity index is 588. The third kappa shape index (κ3) is 1.51. The van der Waals surface area contributed by atoms with Crippen LogP contribution in [0.3, 0.4) is 0 Å². The molecule has 6 heteroatoms. The number of nitrogens with zero attached hydrogens (tertiary/aromatic N) is 1. The summed E-state index contributed by atoms with van der Waals surface area (Å²) in [5, 5.41) is 2.85. The van der Waals surface area contributed by atoms with Crippen molar-refractivity contribution in [3.63, 3.8) is 0 Å². The molecule has 0 aromatic heterocycles. The Balaban J connectivity index is 2.18. The Morgan fingerprint density at radius 1 is 1.45 bits per heavy atom. The van der Waals surface area contributed by atoms with Crippen LogP contribution in [0.2, 0.25) is 0 Å². The summed E-state index contributed by atoms with van der Waals surface area (Å²) < 4.78 is 10.9. The van der Waals surface area contributed by atoms with E-state index in [1.165, 1.54) is 12.0 Å². The molecule has 0 radical (unpaired) electrons. The largest absolute Gasteiger partial charge is 0.469 e. The van der Waals surface area contributed by atoms with Gasteiger partial charge >= 0.3 is 12.0 Å². The van der Waals surface area contributed by atoms with Gasteiger partial charge in [-0.3, -0.25) is 9.69 Å². The fourth-order valence-electron chi connectivity index (χ4n) is 2.96. The van der Waals surface area contributed by atoms with Crippen LogP contribution >= 0.6 is 0 Å². The number of urea groups is 1. The summed E-state index contributed by atoms with van der Waals surface area (Å²) in [4.78, 5) is 25.6. The lowest BCUT2D eigenvalue weighted by Gasteiger charge is -2.53. The zero-order valence-electron chi connectivity index (χ0n) is 11.5. The van der Waals surface area contributed by atoms with Crippen LogP contribution in [0.4, 0.5) is 4.79 Å². The molecule has 0 spiro atoms. The van der Waals surface area contributed by atoms with Crippen LogP contribution in [0.1, 0.15) is 18.5 Å². The van der Waals surface area contributed by atoms with Gasteiger partial charge in [0.15, 0.2) is 5.72 Å². The highest BCUT2D eigenvalue weighted by Crippen LogP contribution is 2.47. The number of benzene rings is 1. The summed E-state index contributed by atoms with van der Waals surface area (Å²) in [6.45, 7) is 1.73. The minimum atomic E-state index is -1.06. The smallest absolute Gasteiger partial charge is 0.320 e. The van der Waals surface area contributed by atoms with Gasteiger partial charge in [0.2, 0.25) is 0 Å². The lowest BCUT2D eigenvalue weighted by atomic mass is 9.79. The Labute approximate surface area is 116 Å². The molecule has 2 bridgehead atoms. The Hall–Kier alpha value is -2.24. The number of hydrogen-bond donors (Lipinski definition) is 1. The molecule has 106 valence electrons. The fourth-order valence-corrected chi connectivity index (χ4v) is 2.96. The van der Waals surface area contributed by atoms with E-state index >= 15 is 0 Å². The van der Waals surface area contributed by atoms with Gasteiger partial charge in [-0.05, 0) is 13.0 Å².